The topological polar surface area (TPSA) is 45.2 Å². The molecule has 0 spiro atoms. The largest absolute Gasteiger partial charge is 0.356 e. The summed E-state index contributed by atoms with van der Waals surface area (Å²) in [4.78, 5) is 19.3. The van der Waals surface area contributed by atoms with Crippen molar-refractivity contribution >= 4 is 5.82 Å². The summed E-state index contributed by atoms with van der Waals surface area (Å²) < 4.78 is 0. The van der Waals surface area contributed by atoms with Crippen LogP contribution < -0.4 is 4.90 Å². The second-order valence-electron chi connectivity index (χ2n) is 7.19. The molecule has 2 aromatic heterocycles. The molecule has 136 valence electrons. The Morgan fingerprint density at radius 3 is 2.62 bits per heavy atom. The zero-order valence-corrected chi connectivity index (χ0v) is 15.4. The molecule has 4 heterocycles. The summed E-state index contributed by atoms with van der Waals surface area (Å²) in [5.74, 6) is 1.90. The van der Waals surface area contributed by atoms with Crippen molar-refractivity contribution in [1.29, 1.82) is 0 Å². The van der Waals surface area contributed by atoms with Crippen molar-refractivity contribution in [2.45, 2.75) is 38.6 Å². The molecule has 4 rings (SSSR count). The lowest BCUT2D eigenvalue weighted by atomic mass is 10.0. The highest BCUT2D eigenvalue weighted by Gasteiger charge is 2.25. The Hall–Kier alpha value is -2.27. The van der Waals surface area contributed by atoms with Crippen LogP contribution in [0.15, 0.2) is 37.1 Å². The van der Waals surface area contributed by atoms with Gasteiger partial charge in [-0.25, -0.2) is 9.97 Å². The number of aromatic nitrogens is 3. The number of nitrogens with zero attached hydrogens (tertiary/aromatic N) is 5. The first-order chi connectivity index (χ1) is 12.8. The van der Waals surface area contributed by atoms with E-state index in [1.165, 1.54) is 36.9 Å². The standard InChI is InChI=1S/C21H27N5/c1-2-12-25-15-10-18-17(16-25)21(26-13-7-3-4-8-14-26)24-20(23-18)19-9-5-6-11-22-19/h2,5-6,9,11H,1,3-4,7-8,10,12-16H2. The maximum atomic E-state index is 5.02. The summed E-state index contributed by atoms with van der Waals surface area (Å²) in [5, 5.41) is 0. The Bertz CT molecular complexity index is 750. The van der Waals surface area contributed by atoms with Crippen LogP contribution in [0.1, 0.15) is 36.9 Å². The minimum atomic E-state index is 0.765. The highest BCUT2D eigenvalue weighted by molar-refractivity contribution is 5.58. The number of anilines is 1. The van der Waals surface area contributed by atoms with E-state index in [2.05, 4.69) is 21.4 Å². The van der Waals surface area contributed by atoms with E-state index in [1.54, 1.807) is 0 Å². The smallest absolute Gasteiger partial charge is 0.180 e. The van der Waals surface area contributed by atoms with Crippen LogP contribution in [0.2, 0.25) is 0 Å². The first-order valence-corrected chi connectivity index (χ1v) is 9.74. The molecule has 0 bridgehead atoms. The van der Waals surface area contributed by atoms with E-state index in [-0.39, 0.29) is 0 Å². The molecule has 0 aromatic carbocycles. The Morgan fingerprint density at radius 1 is 1.04 bits per heavy atom. The summed E-state index contributed by atoms with van der Waals surface area (Å²) in [6, 6.07) is 5.94. The van der Waals surface area contributed by atoms with Crippen LogP contribution in [-0.4, -0.2) is 46.0 Å². The quantitative estimate of drug-likeness (QED) is 0.791. The summed E-state index contributed by atoms with van der Waals surface area (Å²) in [6.07, 6.45) is 9.89. The minimum Gasteiger partial charge on any atom is -0.356 e. The molecule has 2 aliphatic rings. The van der Waals surface area contributed by atoms with Crippen molar-refractivity contribution in [2.75, 3.05) is 31.1 Å². The fourth-order valence-electron chi connectivity index (χ4n) is 3.94. The van der Waals surface area contributed by atoms with Gasteiger partial charge in [-0.15, -0.1) is 6.58 Å². The first kappa shape index (κ1) is 17.2. The van der Waals surface area contributed by atoms with Gasteiger partial charge >= 0.3 is 0 Å². The van der Waals surface area contributed by atoms with E-state index in [0.717, 1.165) is 56.5 Å². The lowest BCUT2D eigenvalue weighted by Gasteiger charge is -2.32. The number of hydrogen-bond donors (Lipinski definition) is 0. The van der Waals surface area contributed by atoms with Crippen molar-refractivity contribution in [3.8, 4) is 11.5 Å². The predicted octanol–water partition coefficient (Wildman–Crippen LogP) is 3.46. The Morgan fingerprint density at radius 2 is 1.88 bits per heavy atom. The van der Waals surface area contributed by atoms with Crippen LogP contribution in [0.5, 0.6) is 0 Å². The van der Waals surface area contributed by atoms with Crippen molar-refractivity contribution < 1.29 is 0 Å². The third kappa shape index (κ3) is 3.63. The van der Waals surface area contributed by atoms with Gasteiger partial charge in [0, 0.05) is 50.9 Å². The maximum Gasteiger partial charge on any atom is 0.180 e. The van der Waals surface area contributed by atoms with Crippen molar-refractivity contribution in [1.82, 2.24) is 19.9 Å². The monoisotopic (exact) mass is 349 g/mol. The van der Waals surface area contributed by atoms with Gasteiger partial charge in [0.05, 0.1) is 5.69 Å². The molecule has 26 heavy (non-hydrogen) atoms. The third-order valence-corrected chi connectivity index (χ3v) is 5.30. The lowest BCUT2D eigenvalue weighted by molar-refractivity contribution is 0.279. The van der Waals surface area contributed by atoms with Crippen LogP contribution in [0.25, 0.3) is 11.5 Å². The molecule has 0 radical (unpaired) electrons. The highest BCUT2D eigenvalue weighted by atomic mass is 15.2. The average Bonchev–Trinajstić information content (AvgIpc) is 2.97. The van der Waals surface area contributed by atoms with Crippen LogP contribution in [0, 0.1) is 0 Å². The second-order valence-corrected chi connectivity index (χ2v) is 7.19. The van der Waals surface area contributed by atoms with Gasteiger partial charge in [-0.2, -0.15) is 0 Å². The van der Waals surface area contributed by atoms with Crippen molar-refractivity contribution in [3.05, 3.63) is 48.3 Å². The molecule has 2 aliphatic heterocycles. The number of rotatable bonds is 4. The van der Waals surface area contributed by atoms with Crippen LogP contribution >= 0.6 is 0 Å². The Kier molecular flexibility index (Phi) is 5.25. The normalized spacial score (nSPS) is 18.2. The number of hydrogen-bond acceptors (Lipinski definition) is 5. The van der Waals surface area contributed by atoms with E-state index >= 15 is 0 Å². The van der Waals surface area contributed by atoms with Gasteiger partial charge in [0.1, 0.15) is 11.5 Å². The Labute approximate surface area is 155 Å². The molecular weight excluding hydrogens is 322 g/mol. The van der Waals surface area contributed by atoms with E-state index in [0.29, 0.717) is 0 Å². The maximum absolute atomic E-state index is 5.02. The van der Waals surface area contributed by atoms with E-state index in [1.807, 2.05) is 30.5 Å². The second kappa shape index (κ2) is 7.96. The summed E-state index contributed by atoms with van der Waals surface area (Å²) in [7, 11) is 0. The molecule has 5 nitrogen and oxygen atoms in total. The van der Waals surface area contributed by atoms with Gasteiger partial charge in [-0.1, -0.05) is 25.0 Å². The summed E-state index contributed by atoms with van der Waals surface area (Å²) >= 11 is 0. The molecular formula is C21H27N5. The van der Waals surface area contributed by atoms with Gasteiger partial charge in [-0.3, -0.25) is 9.88 Å². The Balaban J connectivity index is 1.76. The lowest BCUT2D eigenvalue weighted by Crippen LogP contribution is -2.35. The molecule has 0 aliphatic carbocycles. The predicted molar refractivity (Wildman–Crippen MR) is 105 cm³/mol. The molecule has 0 saturated carbocycles. The summed E-state index contributed by atoms with van der Waals surface area (Å²) in [5.41, 5.74) is 3.36. The molecule has 1 saturated heterocycles. The zero-order chi connectivity index (χ0) is 17.8. The number of fused-ring (bicyclic) bond motifs is 1. The minimum absolute atomic E-state index is 0.765. The van der Waals surface area contributed by atoms with Crippen molar-refractivity contribution in [2.24, 2.45) is 0 Å². The van der Waals surface area contributed by atoms with Crippen molar-refractivity contribution in [3.63, 3.8) is 0 Å². The molecule has 0 unspecified atom stereocenters. The third-order valence-electron chi connectivity index (χ3n) is 5.30. The van der Waals surface area contributed by atoms with E-state index < -0.39 is 0 Å². The SMILES string of the molecule is C=CCN1CCc2nc(-c3ccccn3)nc(N3CCCCCC3)c2C1. The van der Waals surface area contributed by atoms with E-state index in [4.69, 9.17) is 9.97 Å². The molecule has 0 atom stereocenters. The fraction of sp³-hybridized carbons (Fsp3) is 0.476. The molecule has 2 aromatic rings. The number of pyridine rings is 1. The highest BCUT2D eigenvalue weighted by Crippen LogP contribution is 2.30. The van der Waals surface area contributed by atoms with Gasteiger partial charge < -0.3 is 4.90 Å². The zero-order valence-electron chi connectivity index (χ0n) is 15.4. The van der Waals surface area contributed by atoms with Gasteiger partial charge in [0.25, 0.3) is 0 Å². The fourth-order valence-corrected chi connectivity index (χ4v) is 3.94. The molecule has 5 heteroatoms. The van der Waals surface area contributed by atoms with Crippen LogP contribution in [-0.2, 0) is 13.0 Å². The van der Waals surface area contributed by atoms with Gasteiger partial charge in [0.15, 0.2) is 5.82 Å². The van der Waals surface area contributed by atoms with Crippen LogP contribution in [0.3, 0.4) is 0 Å². The molecule has 1 fully saturated rings. The van der Waals surface area contributed by atoms with E-state index in [9.17, 15) is 0 Å². The van der Waals surface area contributed by atoms with Gasteiger partial charge in [-0.05, 0) is 25.0 Å². The summed E-state index contributed by atoms with van der Waals surface area (Å²) in [6.45, 7) is 8.93. The molecule has 0 N–H and O–H groups in total. The average molecular weight is 349 g/mol. The molecule has 0 amide bonds. The first-order valence-electron chi connectivity index (χ1n) is 9.74. The van der Waals surface area contributed by atoms with Gasteiger partial charge in [0.2, 0.25) is 0 Å². The van der Waals surface area contributed by atoms with Crippen LogP contribution in [0.4, 0.5) is 5.82 Å².